The summed E-state index contributed by atoms with van der Waals surface area (Å²) in [6.45, 7) is 0. The summed E-state index contributed by atoms with van der Waals surface area (Å²) in [5, 5.41) is 4.14. The van der Waals surface area contributed by atoms with Gasteiger partial charge in [0.05, 0.1) is 0 Å². The van der Waals surface area contributed by atoms with Crippen molar-refractivity contribution in [1.82, 2.24) is 5.43 Å². The van der Waals surface area contributed by atoms with E-state index in [-0.39, 0.29) is 0 Å². The summed E-state index contributed by atoms with van der Waals surface area (Å²) in [7, 11) is 0. The maximum Gasteiger partial charge on any atom is 0.332 e. The predicted octanol–water partition coefficient (Wildman–Crippen LogP) is 2.00. The fourth-order valence-corrected chi connectivity index (χ4v) is 2.49. The lowest BCUT2D eigenvalue weighted by atomic mass is 10.1. The molecule has 4 heteroatoms. The van der Waals surface area contributed by atoms with Crippen molar-refractivity contribution >= 4 is 11.7 Å². The van der Waals surface area contributed by atoms with E-state index in [1.54, 1.807) is 0 Å². The molecule has 3 N–H and O–H groups in total. The monoisotopic (exact) mass is 209 g/mol. The van der Waals surface area contributed by atoms with Crippen LogP contribution in [0.5, 0.6) is 0 Å². The van der Waals surface area contributed by atoms with Crippen LogP contribution in [-0.4, -0.2) is 11.7 Å². The Morgan fingerprint density at radius 3 is 2.93 bits per heavy atom. The van der Waals surface area contributed by atoms with Gasteiger partial charge in [-0.3, -0.25) is 0 Å². The number of fused-ring (bicyclic) bond motifs is 1. The Kier molecular flexibility index (Phi) is 3.23. The van der Waals surface area contributed by atoms with Crippen molar-refractivity contribution in [3.8, 4) is 0 Å². The van der Waals surface area contributed by atoms with Crippen molar-refractivity contribution in [2.45, 2.75) is 44.9 Å². The number of amides is 2. The number of primary amides is 1. The van der Waals surface area contributed by atoms with Gasteiger partial charge >= 0.3 is 6.03 Å². The normalized spacial score (nSPS) is 33.5. The lowest BCUT2D eigenvalue weighted by Gasteiger charge is -2.04. The van der Waals surface area contributed by atoms with Gasteiger partial charge in [0.25, 0.3) is 0 Å². The van der Waals surface area contributed by atoms with Gasteiger partial charge in [-0.15, -0.1) is 0 Å². The van der Waals surface area contributed by atoms with Crippen LogP contribution in [0.1, 0.15) is 44.9 Å². The molecule has 2 saturated carbocycles. The average Bonchev–Trinajstić information content (AvgIpc) is 2.94. The zero-order chi connectivity index (χ0) is 10.7. The second-order valence-corrected chi connectivity index (χ2v) is 4.63. The molecule has 2 aliphatic carbocycles. The maximum atomic E-state index is 10.6. The molecule has 0 bridgehead atoms. The van der Waals surface area contributed by atoms with Crippen molar-refractivity contribution < 1.29 is 4.79 Å². The molecule has 0 aromatic heterocycles. The molecule has 15 heavy (non-hydrogen) atoms. The highest BCUT2D eigenvalue weighted by Crippen LogP contribution is 2.45. The number of hydrogen-bond acceptors (Lipinski definition) is 2. The van der Waals surface area contributed by atoms with Crippen LogP contribution in [0.2, 0.25) is 0 Å². The van der Waals surface area contributed by atoms with E-state index in [0.717, 1.165) is 12.3 Å². The van der Waals surface area contributed by atoms with Crippen LogP contribution in [-0.2, 0) is 0 Å². The summed E-state index contributed by atoms with van der Waals surface area (Å²) >= 11 is 0. The molecule has 2 rings (SSSR count). The Morgan fingerprint density at radius 2 is 2.13 bits per heavy atom. The molecule has 0 spiro atoms. The number of hydrazone groups is 1. The molecule has 4 nitrogen and oxygen atoms in total. The van der Waals surface area contributed by atoms with E-state index in [4.69, 9.17) is 5.73 Å². The minimum Gasteiger partial charge on any atom is -0.350 e. The molecule has 2 fully saturated rings. The highest BCUT2D eigenvalue weighted by atomic mass is 16.2. The van der Waals surface area contributed by atoms with Gasteiger partial charge in [0.15, 0.2) is 0 Å². The van der Waals surface area contributed by atoms with Gasteiger partial charge in [-0.2, -0.15) is 5.10 Å². The molecule has 0 aromatic carbocycles. The predicted molar refractivity (Wildman–Crippen MR) is 59.5 cm³/mol. The Balaban J connectivity index is 1.95. The van der Waals surface area contributed by atoms with E-state index in [2.05, 4.69) is 10.5 Å². The van der Waals surface area contributed by atoms with Crippen molar-refractivity contribution in [3.63, 3.8) is 0 Å². The van der Waals surface area contributed by atoms with Crippen LogP contribution in [0.3, 0.4) is 0 Å². The molecular weight excluding hydrogens is 190 g/mol. The zero-order valence-electron chi connectivity index (χ0n) is 9.04. The van der Waals surface area contributed by atoms with Crippen LogP contribution in [0.25, 0.3) is 0 Å². The van der Waals surface area contributed by atoms with Crippen molar-refractivity contribution in [3.05, 3.63) is 0 Å². The van der Waals surface area contributed by atoms with Crippen LogP contribution in [0.15, 0.2) is 5.10 Å². The van der Waals surface area contributed by atoms with Gasteiger partial charge in [0, 0.05) is 11.6 Å². The molecule has 0 unspecified atom stereocenters. The van der Waals surface area contributed by atoms with E-state index < -0.39 is 6.03 Å². The van der Waals surface area contributed by atoms with E-state index >= 15 is 0 Å². The number of hydrogen-bond donors (Lipinski definition) is 2. The molecule has 0 aromatic rings. The van der Waals surface area contributed by atoms with Gasteiger partial charge in [-0.05, 0) is 31.6 Å². The fraction of sp³-hybridized carbons (Fsp3) is 0.818. The van der Waals surface area contributed by atoms with E-state index in [1.807, 2.05) is 0 Å². The Bertz CT molecular complexity index is 275. The molecule has 84 valence electrons. The summed E-state index contributed by atoms with van der Waals surface area (Å²) in [6, 6.07) is -0.556. The first-order valence-corrected chi connectivity index (χ1v) is 5.89. The third kappa shape index (κ3) is 2.94. The summed E-state index contributed by atoms with van der Waals surface area (Å²) in [5.74, 6) is 1.46. The summed E-state index contributed by atoms with van der Waals surface area (Å²) in [6.07, 6.45) is 8.82. The lowest BCUT2D eigenvalue weighted by molar-refractivity contribution is 0.249. The highest BCUT2D eigenvalue weighted by molar-refractivity contribution is 5.90. The van der Waals surface area contributed by atoms with Crippen molar-refractivity contribution in [2.75, 3.05) is 0 Å². The van der Waals surface area contributed by atoms with Crippen LogP contribution < -0.4 is 11.2 Å². The minimum absolute atomic E-state index is 0.556. The van der Waals surface area contributed by atoms with Crippen molar-refractivity contribution in [1.29, 1.82) is 0 Å². The lowest BCUT2D eigenvalue weighted by Crippen LogP contribution is -2.26. The molecule has 2 amide bonds. The van der Waals surface area contributed by atoms with Gasteiger partial charge in [0.2, 0.25) is 0 Å². The van der Waals surface area contributed by atoms with E-state index in [9.17, 15) is 4.79 Å². The molecule has 0 radical (unpaired) electrons. The topological polar surface area (TPSA) is 67.5 Å². The maximum absolute atomic E-state index is 10.6. The zero-order valence-corrected chi connectivity index (χ0v) is 9.04. The SMILES string of the molecule is NC(=O)NN=C1CCCCCC[C@@H]2C[C@@H]12. The van der Waals surface area contributed by atoms with Crippen molar-refractivity contribution in [2.24, 2.45) is 22.7 Å². The summed E-state index contributed by atoms with van der Waals surface area (Å²) < 4.78 is 0. The quantitative estimate of drug-likeness (QED) is 0.637. The second-order valence-electron chi connectivity index (χ2n) is 4.63. The largest absolute Gasteiger partial charge is 0.350 e. The number of rotatable bonds is 1. The Morgan fingerprint density at radius 1 is 1.33 bits per heavy atom. The van der Waals surface area contributed by atoms with E-state index in [0.29, 0.717) is 5.92 Å². The standard InChI is InChI=1S/C11H19N3O/c12-11(15)14-13-10-6-4-2-1-3-5-8-7-9(8)10/h8-9H,1-7H2,(H3,12,14,15)/t8-,9-/m1/s1. The number of urea groups is 1. The van der Waals surface area contributed by atoms with E-state index in [1.165, 1.54) is 44.2 Å². The van der Waals surface area contributed by atoms with Gasteiger partial charge in [-0.1, -0.05) is 19.3 Å². The number of carbonyl (C=O) groups is 1. The molecule has 2 atom stereocenters. The van der Waals surface area contributed by atoms with Gasteiger partial charge < -0.3 is 5.73 Å². The van der Waals surface area contributed by atoms with Gasteiger partial charge in [-0.25, -0.2) is 10.2 Å². The Labute approximate surface area is 90.3 Å². The number of nitrogens with two attached hydrogens (primary N) is 1. The molecule has 0 saturated heterocycles. The third-order valence-electron chi connectivity index (χ3n) is 3.42. The molecule has 2 aliphatic rings. The average molecular weight is 209 g/mol. The van der Waals surface area contributed by atoms with Crippen LogP contribution >= 0.6 is 0 Å². The number of carbonyl (C=O) groups excluding carboxylic acids is 1. The van der Waals surface area contributed by atoms with Gasteiger partial charge in [0.1, 0.15) is 0 Å². The minimum atomic E-state index is -0.556. The number of nitrogens with zero attached hydrogens (tertiary/aromatic N) is 1. The Hall–Kier alpha value is -1.06. The first-order chi connectivity index (χ1) is 7.27. The summed E-state index contributed by atoms with van der Waals surface area (Å²) in [5.41, 5.74) is 8.55. The molecule has 0 aliphatic heterocycles. The molecular formula is C11H19N3O. The summed E-state index contributed by atoms with van der Waals surface area (Å²) in [4.78, 5) is 10.6. The fourth-order valence-electron chi connectivity index (χ4n) is 2.49. The second kappa shape index (κ2) is 4.64. The third-order valence-corrected chi connectivity index (χ3v) is 3.42. The highest BCUT2D eigenvalue weighted by Gasteiger charge is 2.40. The molecule has 0 heterocycles. The first kappa shape index (κ1) is 10.5. The first-order valence-electron chi connectivity index (χ1n) is 5.89. The smallest absolute Gasteiger partial charge is 0.332 e. The number of nitrogens with one attached hydrogen (secondary N) is 1. The van der Waals surface area contributed by atoms with Crippen LogP contribution in [0, 0.1) is 11.8 Å². The van der Waals surface area contributed by atoms with Crippen LogP contribution in [0.4, 0.5) is 4.79 Å².